The number of aliphatic hydroxyl groups is 2. The van der Waals surface area contributed by atoms with E-state index in [1.165, 1.54) is 70.4 Å². The van der Waals surface area contributed by atoms with Crippen molar-refractivity contribution >= 4 is 11.9 Å². The highest BCUT2D eigenvalue weighted by Gasteiger charge is 2.09. The number of aromatic hydroxyl groups is 1. The maximum Gasteiger partial charge on any atom is 0.303 e. The summed E-state index contributed by atoms with van der Waals surface area (Å²) in [4.78, 5) is 24.1. The van der Waals surface area contributed by atoms with Gasteiger partial charge in [0.2, 0.25) is 0 Å². The van der Waals surface area contributed by atoms with Gasteiger partial charge in [0.05, 0.1) is 18.9 Å². The molecule has 0 spiro atoms. The summed E-state index contributed by atoms with van der Waals surface area (Å²) in [5.74, 6) is -1.36. The number of rotatable bonds is 18. The number of carboxylic acid groups (broad SMARTS) is 2. The van der Waals surface area contributed by atoms with Crippen LogP contribution in [-0.2, 0) is 22.8 Å². The van der Waals surface area contributed by atoms with Gasteiger partial charge in [-0.25, -0.2) is 0 Å². The molecule has 0 radical (unpaired) electrons. The van der Waals surface area contributed by atoms with Crippen LogP contribution in [0.5, 0.6) is 5.75 Å². The van der Waals surface area contributed by atoms with Crippen LogP contribution in [0.25, 0.3) is 0 Å². The number of hydrogen-bond donors (Lipinski definition) is 5. The predicted octanol–water partition coefficient (Wildman–Crippen LogP) is 6.50. The monoisotopic (exact) mass is 513 g/mol. The fourth-order valence-corrected chi connectivity index (χ4v) is 3.46. The molecule has 1 aromatic heterocycles. The number of nitrogens with zero attached hydrogens (tertiary/aromatic N) is 1. The smallest absolute Gasteiger partial charge is 0.303 e. The molecule has 210 valence electrons. The first-order chi connectivity index (χ1) is 17.2. The van der Waals surface area contributed by atoms with Crippen molar-refractivity contribution in [1.29, 1.82) is 0 Å². The van der Waals surface area contributed by atoms with Crippen molar-refractivity contribution in [2.24, 2.45) is 0 Å². The van der Waals surface area contributed by atoms with Gasteiger partial charge < -0.3 is 25.5 Å². The van der Waals surface area contributed by atoms with Crippen molar-refractivity contribution in [3.8, 4) is 5.75 Å². The zero-order valence-corrected chi connectivity index (χ0v) is 22.8. The Labute approximate surface area is 217 Å². The molecular weight excluding hydrogens is 462 g/mol. The summed E-state index contributed by atoms with van der Waals surface area (Å²) >= 11 is 0. The molecule has 0 fully saturated rings. The molecule has 1 rings (SSSR count). The van der Waals surface area contributed by atoms with Gasteiger partial charge >= 0.3 is 11.9 Å². The van der Waals surface area contributed by atoms with E-state index in [0.717, 1.165) is 25.7 Å². The molecule has 8 heteroatoms. The number of pyridine rings is 1. The molecule has 0 amide bonds. The van der Waals surface area contributed by atoms with Gasteiger partial charge in [-0.2, -0.15) is 0 Å². The first-order valence-corrected chi connectivity index (χ1v) is 13.6. The Morgan fingerprint density at radius 3 is 1.42 bits per heavy atom. The molecule has 0 bridgehead atoms. The summed E-state index contributed by atoms with van der Waals surface area (Å²) in [6.45, 7) is 5.52. The SMILES string of the molecule is CCCCCCCCCC(=O)O.CCCCCCCCCC(=O)O.Cc1ncc(CO)c(CO)c1O. The molecule has 0 aliphatic heterocycles. The normalized spacial score (nSPS) is 10.1. The summed E-state index contributed by atoms with van der Waals surface area (Å²) in [6.07, 6.45) is 18.7. The van der Waals surface area contributed by atoms with E-state index < -0.39 is 11.9 Å². The largest absolute Gasteiger partial charge is 0.506 e. The maximum atomic E-state index is 10.1. The van der Waals surface area contributed by atoms with Gasteiger partial charge in [-0.15, -0.1) is 0 Å². The lowest BCUT2D eigenvalue weighted by Gasteiger charge is -2.07. The quantitative estimate of drug-likeness (QED) is 0.140. The van der Waals surface area contributed by atoms with Crippen LogP contribution in [-0.4, -0.2) is 42.5 Å². The van der Waals surface area contributed by atoms with E-state index in [4.69, 9.17) is 20.4 Å². The molecule has 0 aromatic carbocycles. The van der Waals surface area contributed by atoms with Crippen molar-refractivity contribution in [2.45, 2.75) is 137 Å². The van der Waals surface area contributed by atoms with Crippen LogP contribution in [0.4, 0.5) is 0 Å². The molecular formula is C28H51NO7. The van der Waals surface area contributed by atoms with Gasteiger partial charge in [-0.1, -0.05) is 90.9 Å². The van der Waals surface area contributed by atoms with Gasteiger partial charge in [0.15, 0.2) is 0 Å². The van der Waals surface area contributed by atoms with E-state index in [-0.39, 0.29) is 19.0 Å². The van der Waals surface area contributed by atoms with Gasteiger partial charge in [0.1, 0.15) is 5.75 Å². The Kier molecular flexibility index (Phi) is 25.9. The van der Waals surface area contributed by atoms with Crippen LogP contribution in [0.2, 0.25) is 0 Å². The second-order valence-electron chi connectivity index (χ2n) is 9.04. The molecule has 0 saturated heterocycles. The van der Waals surface area contributed by atoms with Crippen LogP contribution in [0.3, 0.4) is 0 Å². The third kappa shape index (κ3) is 22.3. The Bertz CT molecular complexity index is 652. The molecule has 0 aliphatic carbocycles. The predicted molar refractivity (Wildman–Crippen MR) is 143 cm³/mol. The van der Waals surface area contributed by atoms with E-state index in [1.807, 2.05) is 0 Å². The van der Waals surface area contributed by atoms with Gasteiger partial charge in [-0.05, 0) is 19.8 Å². The number of unbranched alkanes of at least 4 members (excludes halogenated alkanes) is 12. The van der Waals surface area contributed by atoms with Crippen LogP contribution in [0, 0.1) is 6.92 Å². The molecule has 0 unspecified atom stereocenters. The van der Waals surface area contributed by atoms with E-state index in [1.54, 1.807) is 6.92 Å². The number of aliphatic hydroxyl groups excluding tert-OH is 2. The first kappa shape index (κ1) is 36.0. The van der Waals surface area contributed by atoms with Gasteiger partial charge in [0.25, 0.3) is 0 Å². The van der Waals surface area contributed by atoms with Crippen molar-refractivity contribution < 1.29 is 35.1 Å². The Hall–Kier alpha value is -2.19. The number of aromatic nitrogens is 1. The van der Waals surface area contributed by atoms with Crippen molar-refractivity contribution in [2.75, 3.05) is 0 Å². The van der Waals surface area contributed by atoms with Crippen LogP contribution in [0.1, 0.15) is 133 Å². The number of carboxylic acids is 2. The molecule has 0 aliphatic rings. The molecule has 1 heterocycles. The van der Waals surface area contributed by atoms with Crippen LogP contribution < -0.4 is 0 Å². The molecule has 1 aromatic rings. The summed E-state index contributed by atoms with van der Waals surface area (Å²) in [6, 6.07) is 0. The Morgan fingerprint density at radius 1 is 0.694 bits per heavy atom. The van der Waals surface area contributed by atoms with Crippen molar-refractivity contribution in [1.82, 2.24) is 4.98 Å². The summed E-state index contributed by atoms with van der Waals surface area (Å²) < 4.78 is 0. The molecule has 0 atom stereocenters. The van der Waals surface area contributed by atoms with E-state index >= 15 is 0 Å². The van der Waals surface area contributed by atoms with Crippen molar-refractivity contribution in [3.05, 3.63) is 23.0 Å². The summed E-state index contributed by atoms with van der Waals surface area (Å²) in [7, 11) is 0. The average Bonchev–Trinajstić information content (AvgIpc) is 2.85. The lowest BCUT2D eigenvalue weighted by molar-refractivity contribution is -0.138. The highest BCUT2D eigenvalue weighted by Crippen LogP contribution is 2.23. The zero-order valence-electron chi connectivity index (χ0n) is 22.8. The summed E-state index contributed by atoms with van der Waals surface area (Å²) in [5, 5.41) is 43.7. The topological polar surface area (TPSA) is 148 Å². The third-order valence-corrected chi connectivity index (χ3v) is 5.75. The van der Waals surface area contributed by atoms with Gasteiger partial charge in [0, 0.05) is 30.2 Å². The second kappa shape index (κ2) is 25.9. The lowest BCUT2D eigenvalue weighted by atomic mass is 10.1. The minimum Gasteiger partial charge on any atom is -0.506 e. The zero-order chi connectivity index (χ0) is 27.6. The standard InChI is InChI=1S/2C10H20O2.C8H11NO3/c2*1-2-3-4-5-6-7-8-9-10(11)12;1-5-8(12)7(4-11)6(3-10)2-9-5/h2*2-9H2,1H3,(H,11,12);2,10-12H,3-4H2,1H3. The minimum absolute atomic E-state index is 0.0379. The van der Waals surface area contributed by atoms with Crippen LogP contribution >= 0.6 is 0 Å². The number of aliphatic carboxylic acids is 2. The molecule has 8 nitrogen and oxygen atoms in total. The average molecular weight is 514 g/mol. The fraction of sp³-hybridized carbons (Fsp3) is 0.750. The van der Waals surface area contributed by atoms with Crippen molar-refractivity contribution in [3.63, 3.8) is 0 Å². The van der Waals surface area contributed by atoms with E-state index in [0.29, 0.717) is 29.7 Å². The first-order valence-electron chi connectivity index (χ1n) is 13.6. The van der Waals surface area contributed by atoms with E-state index in [9.17, 15) is 14.7 Å². The van der Waals surface area contributed by atoms with Crippen LogP contribution in [0.15, 0.2) is 6.20 Å². The second-order valence-corrected chi connectivity index (χ2v) is 9.04. The lowest BCUT2D eigenvalue weighted by Crippen LogP contribution is -1.98. The third-order valence-electron chi connectivity index (χ3n) is 5.75. The Morgan fingerprint density at radius 2 is 1.08 bits per heavy atom. The fourth-order valence-electron chi connectivity index (χ4n) is 3.46. The molecule has 0 saturated carbocycles. The van der Waals surface area contributed by atoms with E-state index in [2.05, 4.69) is 18.8 Å². The maximum absolute atomic E-state index is 10.1. The van der Waals surface area contributed by atoms with Gasteiger partial charge in [-0.3, -0.25) is 14.6 Å². The summed E-state index contributed by atoms with van der Waals surface area (Å²) in [5.41, 5.74) is 1.27. The Balaban J connectivity index is 0. The minimum atomic E-state index is -0.663. The molecule has 36 heavy (non-hydrogen) atoms. The molecule has 5 N–H and O–H groups in total. The number of hydrogen-bond acceptors (Lipinski definition) is 6. The highest BCUT2D eigenvalue weighted by molar-refractivity contribution is 5.66. The highest BCUT2D eigenvalue weighted by atomic mass is 16.4. The number of aryl methyl sites for hydroxylation is 1. The number of carbonyl (C=O) groups is 2.